The molecule has 7 heteroatoms. The first-order valence-corrected chi connectivity index (χ1v) is 7.07. The number of aromatic nitrogens is 2. The minimum absolute atomic E-state index is 0.0252. The van der Waals surface area contributed by atoms with E-state index in [-0.39, 0.29) is 16.5 Å². The maximum atomic E-state index is 13.9. The summed E-state index contributed by atoms with van der Waals surface area (Å²) in [6.07, 6.45) is 1.33. The molecular formula is C14H8BrClFN3O. The second kappa shape index (κ2) is 5.46. The van der Waals surface area contributed by atoms with Crippen LogP contribution in [0, 0.1) is 5.82 Å². The van der Waals surface area contributed by atoms with E-state index in [9.17, 15) is 9.50 Å². The summed E-state index contributed by atoms with van der Waals surface area (Å²) < 4.78 is 14.4. The molecule has 0 aliphatic carbocycles. The van der Waals surface area contributed by atoms with E-state index in [1.807, 2.05) is 0 Å². The number of hydrogen-bond donors (Lipinski definition) is 2. The number of nitrogens with zero attached hydrogens (tertiary/aromatic N) is 2. The second-order valence-corrected chi connectivity index (χ2v) is 5.53. The van der Waals surface area contributed by atoms with Crippen molar-refractivity contribution in [3.8, 4) is 5.75 Å². The van der Waals surface area contributed by atoms with Gasteiger partial charge in [-0.2, -0.15) is 0 Å². The van der Waals surface area contributed by atoms with Crippen LogP contribution < -0.4 is 5.32 Å². The molecule has 4 nitrogen and oxygen atoms in total. The molecule has 0 bridgehead atoms. The van der Waals surface area contributed by atoms with Crippen LogP contribution in [-0.2, 0) is 0 Å². The fourth-order valence-electron chi connectivity index (χ4n) is 1.89. The third-order valence-electron chi connectivity index (χ3n) is 2.91. The Morgan fingerprint density at radius 2 is 2.05 bits per heavy atom. The van der Waals surface area contributed by atoms with Crippen LogP contribution in [-0.4, -0.2) is 15.1 Å². The highest BCUT2D eigenvalue weighted by Gasteiger charge is 2.11. The van der Waals surface area contributed by atoms with Crippen molar-refractivity contribution in [1.29, 1.82) is 0 Å². The van der Waals surface area contributed by atoms with Crippen LogP contribution in [0.4, 0.5) is 15.9 Å². The molecule has 2 aromatic carbocycles. The van der Waals surface area contributed by atoms with Crippen LogP contribution in [0.3, 0.4) is 0 Å². The normalized spacial score (nSPS) is 10.8. The van der Waals surface area contributed by atoms with Crippen LogP contribution in [0.2, 0.25) is 5.02 Å². The summed E-state index contributed by atoms with van der Waals surface area (Å²) in [5.41, 5.74) is 0.752. The van der Waals surface area contributed by atoms with Crippen molar-refractivity contribution in [3.05, 3.63) is 52.0 Å². The Labute approximate surface area is 132 Å². The molecule has 0 saturated carbocycles. The summed E-state index contributed by atoms with van der Waals surface area (Å²) in [6, 6.07) is 7.83. The maximum absolute atomic E-state index is 13.9. The van der Waals surface area contributed by atoms with Crippen LogP contribution in [0.25, 0.3) is 10.9 Å². The number of hydrogen-bond acceptors (Lipinski definition) is 4. The SMILES string of the molecule is Oc1cc2ncnc(Nc3cccc(Cl)c3F)c2cc1Br. The van der Waals surface area contributed by atoms with Gasteiger partial charge in [-0.25, -0.2) is 14.4 Å². The number of benzene rings is 2. The second-order valence-electron chi connectivity index (χ2n) is 4.27. The van der Waals surface area contributed by atoms with Crippen LogP contribution in [0.5, 0.6) is 5.75 Å². The van der Waals surface area contributed by atoms with Gasteiger partial charge in [0.25, 0.3) is 0 Å². The lowest BCUT2D eigenvalue weighted by atomic mass is 10.2. The van der Waals surface area contributed by atoms with E-state index in [4.69, 9.17) is 11.6 Å². The molecule has 2 N–H and O–H groups in total. The van der Waals surface area contributed by atoms with Gasteiger partial charge in [0, 0.05) is 11.5 Å². The molecule has 106 valence electrons. The Hall–Kier alpha value is -1.92. The maximum Gasteiger partial charge on any atom is 0.165 e. The monoisotopic (exact) mass is 367 g/mol. The van der Waals surface area contributed by atoms with E-state index in [1.165, 1.54) is 18.5 Å². The zero-order valence-corrected chi connectivity index (χ0v) is 12.8. The van der Waals surface area contributed by atoms with Gasteiger partial charge in [-0.15, -0.1) is 0 Å². The van der Waals surface area contributed by atoms with Gasteiger partial charge in [0.05, 0.1) is 20.7 Å². The summed E-state index contributed by atoms with van der Waals surface area (Å²) in [5.74, 6) is -0.0632. The molecule has 21 heavy (non-hydrogen) atoms. The highest BCUT2D eigenvalue weighted by molar-refractivity contribution is 9.10. The molecule has 1 heterocycles. The number of phenolic OH excluding ortho intramolecular Hbond substituents is 1. The molecule has 0 spiro atoms. The van der Waals surface area contributed by atoms with E-state index in [0.717, 1.165) is 0 Å². The Morgan fingerprint density at radius 3 is 2.86 bits per heavy atom. The highest BCUT2D eigenvalue weighted by Crippen LogP contribution is 2.33. The predicted octanol–water partition coefficient (Wildman–Crippen LogP) is 4.63. The topological polar surface area (TPSA) is 58.0 Å². The number of fused-ring (bicyclic) bond motifs is 1. The standard InChI is InChI=1S/C14H8BrClFN3O/c15-8-4-7-11(5-12(8)21)18-6-19-14(7)20-10-3-1-2-9(16)13(10)17/h1-6,21H,(H,18,19,20). The van der Waals surface area contributed by atoms with Crippen molar-refractivity contribution in [2.45, 2.75) is 0 Å². The Kier molecular flexibility index (Phi) is 3.65. The number of rotatable bonds is 2. The number of anilines is 2. The minimum Gasteiger partial charge on any atom is -0.507 e. The van der Waals surface area contributed by atoms with E-state index in [1.54, 1.807) is 18.2 Å². The molecule has 0 atom stereocenters. The lowest BCUT2D eigenvalue weighted by molar-refractivity contribution is 0.472. The molecule has 0 saturated heterocycles. The van der Waals surface area contributed by atoms with Gasteiger partial charge < -0.3 is 10.4 Å². The largest absolute Gasteiger partial charge is 0.507 e. The summed E-state index contributed by atoms with van der Waals surface area (Å²) >= 11 is 8.99. The Balaban J connectivity index is 2.12. The zero-order valence-electron chi connectivity index (χ0n) is 10.4. The van der Waals surface area contributed by atoms with Crippen molar-refractivity contribution in [1.82, 2.24) is 9.97 Å². The van der Waals surface area contributed by atoms with Crippen molar-refractivity contribution < 1.29 is 9.50 Å². The first-order chi connectivity index (χ1) is 10.1. The summed E-state index contributed by atoms with van der Waals surface area (Å²) in [4.78, 5) is 8.18. The number of halogens is 3. The molecule has 0 aliphatic heterocycles. The third-order valence-corrected chi connectivity index (χ3v) is 3.84. The molecule has 0 radical (unpaired) electrons. The highest BCUT2D eigenvalue weighted by atomic mass is 79.9. The molecule has 3 rings (SSSR count). The third kappa shape index (κ3) is 2.64. The fourth-order valence-corrected chi connectivity index (χ4v) is 2.41. The molecular weight excluding hydrogens is 361 g/mol. The average molecular weight is 369 g/mol. The van der Waals surface area contributed by atoms with Crippen molar-refractivity contribution in [2.24, 2.45) is 0 Å². The van der Waals surface area contributed by atoms with Crippen LogP contribution in [0.1, 0.15) is 0 Å². The molecule has 3 aromatic rings. The summed E-state index contributed by atoms with van der Waals surface area (Å²) in [6.45, 7) is 0. The Bertz CT molecular complexity index is 844. The van der Waals surface area contributed by atoms with Crippen LogP contribution in [0.15, 0.2) is 41.1 Å². The molecule has 0 fully saturated rings. The van der Waals surface area contributed by atoms with E-state index in [0.29, 0.717) is 21.2 Å². The minimum atomic E-state index is -0.552. The average Bonchev–Trinajstić information content (AvgIpc) is 2.46. The van der Waals surface area contributed by atoms with Gasteiger partial charge in [0.15, 0.2) is 5.82 Å². The van der Waals surface area contributed by atoms with Gasteiger partial charge in [-0.3, -0.25) is 0 Å². The zero-order chi connectivity index (χ0) is 15.0. The van der Waals surface area contributed by atoms with Crippen molar-refractivity contribution >= 4 is 49.9 Å². The number of aromatic hydroxyl groups is 1. The van der Waals surface area contributed by atoms with E-state index in [2.05, 4.69) is 31.2 Å². The van der Waals surface area contributed by atoms with Crippen molar-refractivity contribution in [2.75, 3.05) is 5.32 Å². The van der Waals surface area contributed by atoms with Gasteiger partial charge in [0.2, 0.25) is 0 Å². The first kappa shape index (κ1) is 14.0. The fraction of sp³-hybridized carbons (Fsp3) is 0. The molecule has 0 aliphatic rings. The molecule has 0 amide bonds. The van der Waals surface area contributed by atoms with Gasteiger partial charge in [-0.1, -0.05) is 17.7 Å². The Morgan fingerprint density at radius 1 is 1.24 bits per heavy atom. The summed E-state index contributed by atoms with van der Waals surface area (Å²) in [7, 11) is 0. The molecule has 0 unspecified atom stereocenters. The van der Waals surface area contributed by atoms with Gasteiger partial charge >= 0.3 is 0 Å². The summed E-state index contributed by atoms with van der Waals surface area (Å²) in [5, 5.41) is 13.2. The molecule has 1 aromatic heterocycles. The van der Waals surface area contributed by atoms with Crippen LogP contribution >= 0.6 is 27.5 Å². The lowest BCUT2D eigenvalue weighted by Gasteiger charge is -2.10. The number of phenols is 1. The smallest absolute Gasteiger partial charge is 0.165 e. The van der Waals surface area contributed by atoms with Gasteiger partial charge in [0.1, 0.15) is 17.9 Å². The quantitative estimate of drug-likeness (QED) is 0.692. The number of nitrogens with one attached hydrogen (secondary N) is 1. The van der Waals surface area contributed by atoms with Gasteiger partial charge in [-0.05, 0) is 34.1 Å². The first-order valence-electron chi connectivity index (χ1n) is 5.90. The van der Waals surface area contributed by atoms with E-state index >= 15 is 0 Å². The lowest BCUT2D eigenvalue weighted by Crippen LogP contribution is -1.98. The van der Waals surface area contributed by atoms with E-state index < -0.39 is 5.82 Å². The predicted molar refractivity (Wildman–Crippen MR) is 83.6 cm³/mol. The van der Waals surface area contributed by atoms with Crippen molar-refractivity contribution in [3.63, 3.8) is 0 Å².